The van der Waals surface area contributed by atoms with Crippen LogP contribution in [0.15, 0.2) is 17.1 Å². The van der Waals surface area contributed by atoms with Gasteiger partial charge in [-0.3, -0.25) is 9.69 Å². The molecule has 1 saturated heterocycles. The number of halogens is 2. The normalized spacial score (nSPS) is 23.6. The first-order chi connectivity index (χ1) is 14.3. The molecule has 2 aliphatic rings. The van der Waals surface area contributed by atoms with Crippen molar-refractivity contribution >= 4 is 40.8 Å². The molecule has 2 aromatic rings. The van der Waals surface area contributed by atoms with Crippen LogP contribution >= 0.6 is 22.9 Å². The van der Waals surface area contributed by atoms with Crippen LogP contribution in [0.1, 0.15) is 24.4 Å². The molecule has 4 rings (SSSR count). The van der Waals surface area contributed by atoms with Gasteiger partial charge in [-0.2, -0.15) is 9.37 Å². The van der Waals surface area contributed by atoms with Crippen molar-refractivity contribution in [3.63, 3.8) is 0 Å². The van der Waals surface area contributed by atoms with Crippen LogP contribution in [0.25, 0.3) is 0 Å². The van der Waals surface area contributed by atoms with E-state index >= 15 is 0 Å². The summed E-state index contributed by atoms with van der Waals surface area (Å²) in [6.45, 7) is 4.48. The number of hydrogen-bond acceptors (Lipinski definition) is 8. The lowest BCUT2D eigenvalue weighted by Gasteiger charge is -2.36. The lowest BCUT2D eigenvalue weighted by Crippen LogP contribution is -2.54. The fourth-order valence-corrected chi connectivity index (χ4v) is 5.15. The zero-order valence-electron chi connectivity index (χ0n) is 16.9. The Labute approximate surface area is 182 Å². The average Bonchev–Trinajstić information content (AvgIpc) is 3.33. The topological polar surface area (TPSA) is 96.9 Å². The third kappa shape index (κ3) is 3.18. The Kier molecular flexibility index (Phi) is 5.31. The number of guanidine groups is 1. The van der Waals surface area contributed by atoms with Gasteiger partial charge in [0, 0.05) is 18.5 Å². The van der Waals surface area contributed by atoms with E-state index in [0.717, 1.165) is 4.88 Å². The van der Waals surface area contributed by atoms with Crippen LogP contribution < -0.4 is 15.4 Å². The van der Waals surface area contributed by atoms with Gasteiger partial charge < -0.3 is 15.4 Å². The largest absolute Gasteiger partial charge is 0.476 e. The molecule has 2 aromatic heterocycles. The maximum atomic E-state index is 14.5. The van der Waals surface area contributed by atoms with Gasteiger partial charge in [0.05, 0.1) is 29.1 Å². The predicted molar refractivity (Wildman–Crippen MR) is 114 cm³/mol. The van der Waals surface area contributed by atoms with Crippen molar-refractivity contribution in [3.8, 4) is 5.88 Å². The predicted octanol–water partition coefficient (Wildman–Crippen LogP) is 2.41. The van der Waals surface area contributed by atoms with Gasteiger partial charge in [0.25, 0.3) is 5.88 Å². The lowest BCUT2D eigenvalue weighted by molar-refractivity contribution is -0.132. The summed E-state index contributed by atoms with van der Waals surface area (Å²) >= 11 is 7.55. The van der Waals surface area contributed by atoms with Gasteiger partial charge in [-0.25, -0.2) is 9.98 Å². The summed E-state index contributed by atoms with van der Waals surface area (Å²) in [6, 6.07) is 3.65. The standard InChI is InChI=1S/C19H22ClFN6O2S/c1-4-11-14(21)15(29-5-2)24-18(23-11)27-8-10-16(28)26(3)17(22)25-19(10,9-27)12-6-7-13(20)30-12/h6-7,10H,4-5,8-9H2,1-3H3,(H2,22,25)/t10-,19-/m0/s1. The molecule has 1 fully saturated rings. The second-order valence-corrected chi connectivity index (χ2v) is 8.92. The number of carbonyl (C=O) groups excluding carboxylic acids is 1. The molecule has 160 valence electrons. The van der Waals surface area contributed by atoms with Crippen molar-refractivity contribution in [2.45, 2.75) is 25.8 Å². The van der Waals surface area contributed by atoms with E-state index < -0.39 is 17.3 Å². The molecule has 0 bridgehead atoms. The van der Waals surface area contributed by atoms with E-state index in [1.165, 1.54) is 16.2 Å². The summed E-state index contributed by atoms with van der Waals surface area (Å²) < 4.78 is 20.5. The number of nitrogens with zero attached hydrogens (tertiary/aromatic N) is 5. The number of anilines is 1. The summed E-state index contributed by atoms with van der Waals surface area (Å²) in [5.41, 5.74) is 5.44. The van der Waals surface area contributed by atoms with E-state index in [-0.39, 0.29) is 30.0 Å². The summed E-state index contributed by atoms with van der Waals surface area (Å²) in [4.78, 5) is 30.6. The molecular formula is C19H22ClFN6O2S. The zero-order chi connectivity index (χ0) is 21.6. The number of carbonyl (C=O) groups is 1. The van der Waals surface area contributed by atoms with Crippen LogP contribution in [-0.2, 0) is 16.8 Å². The lowest BCUT2D eigenvalue weighted by atomic mass is 9.84. The van der Waals surface area contributed by atoms with E-state index in [4.69, 9.17) is 27.1 Å². The highest BCUT2D eigenvalue weighted by Gasteiger charge is 2.56. The van der Waals surface area contributed by atoms with Gasteiger partial charge in [0.1, 0.15) is 5.54 Å². The van der Waals surface area contributed by atoms with E-state index in [1.807, 2.05) is 17.9 Å². The Balaban J connectivity index is 1.81. The van der Waals surface area contributed by atoms with Crippen LogP contribution in [-0.4, -0.2) is 53.5 Å². The first-order valence-corrected chi connectivity index (χ1v) is 10.8. The third-order valence-corrected chi connectivity index (χ3v) is 6.87. The number of aryl methyl sites for hydroxylation is 1. The van der Waals surface area contributed by atoms with Crippen LogP contribution in [0.5, 0.6) is 5.88 Å². The molecule has 0 spiro atoms. The van der Waals surface area contributed by atoms with Gasteiger partial charge in [-0.05, 0) is 25.5 Å². The number of hydrogen-bond donors (Lipinski definition) is 1. The van der Waals surface area contributed by atoms with E-state index in [0.29, 0.717) is 29.8 Å². The summed E-state index contributed by atoms with van der Waals surface area (Å²) in [6.07, 6.45) is 0.386. The fraction of sp³-hybridized carbons (Fsp3) is 0.474. The Hall–Kier alpha value is -2.46. The maximum absolute atomic E-state index is 14.5. The van der Waals surface area contributed by atoms with Crippen molar-refractivity contribution in [2.75, 3.05) is 31.6 Å². The summed E-state index contributed by atoms with van der Waals surface area (Å²) in [5.74, 6) is -0.841. The highest BCUT2D eigenvalue weighted by atomic mass is 35.5. The SMILES string of the molecule is CCOc1nc(N2C[C@H]3C(=O)N(C)C(N)=N[C@@]3(c3ccc(Cl)s3)C2)nc(CC)c1F. The fourth-order valence-electron chi connectivity index (χ4n) is 3.93. The minimum atomic E-state index is -0.901. The minimum Gasteiger partial charge on any atom is -0.476 e. The number of amides is 1. The number of aliphatic imine (C=N–C) groups is 1. The highest BCUT2D eigenvalue weighted by Crippen LogP contribution is 2.47. The number of rotatable bonds is 5. The van der Waals surface area contributed by atoms with Crippen LogP contribution in [0, 0.1) is 11.7 Å². The molecule has 0 aromatic carbocycles. The number of fused-ring (bicyclic) bond motifs is 1. The van der Waals surface area contributed by atoms with Gasteiger partial charge in [-0.15, -0.1) is 11.3 Å². The molecule has 8 nitrogen and oxygen atoms in total. The highest BCUT2D eigenvalue weighted by molar-refractivity contribution is 7.16. The van der Waals surface area contributed by atoms with Crippen LogP contribution in [0.3, 0.4) is 0 Å². The number of thiophene rings is 1. The Morgan fingerprint density at radius 1 is 1.40 bits per heavy atom. The van der Waals surface area contributed by atoms with Crippen molar-refractivity contribution < 1.29 is 13.9 Å². The molecule has 0 unspecified atom stereocenters. The van der Waals surface area contributed by atoms with Gasteiger partial charge >= 0.3 is 0 Å². The van der Waals surface area contributed by atoms with E-state index in [1.54, 1.807) is 20.0 Å². The first kappa shape index (κ1) is 20.8. The summed E-state index contributed by atoms with van der Waals surface area (Å²) in [5, 5.41) is 0. The Bertz CT molecular complexity index is 1030. The van der Waals surface area contributed by atoms with Gasteiger partial charge in [0.15, 0.2) is 5.96 Å². The average molecular weight is 453 g/mol. The van der Waals surface area contributed by atoms with Crippen LogP contribution in [0.4, 0.5) is 10.3 Å². The third-order valence-electron chi connectivity index (χ3n) is 5.47. The second kappa shape index (κ2) is 7.66. The smallest absolute Gasteiger partial charge is 0.255 e. The molecule has 11 heteroatoms. The Morgan fingerprint density at radius 3 is 2.80 bits per heavy atom. The molecule has 1 amide bonds. The van der Waals surface area contributed by atoms with Gasteiger partial charge in [0.2, 0.25) is 17.7 Å². The summed E-state index contributed by atoms with van der Waals surface area (Å²) in [7, 11) is 1.60. The van der Waals surface area contributed by atoms with Crippen molar-refractivity contribution in [2.24, 2.45) is 16.6 Å². The number of nitrogens with two attached hydrogens (primary N) is 1. The minimum absolute atomic E-state index is 0.0890. The zero-order valence-corrected chi connectivity index (χ0v) is 18.4. The molecule has 2 aliphatic heterocycles. The van der Waals surface area contributed by atoms with E-state index in [2.05, 4.69) is 9.97 Å². The number of aromatic nitrogens is 2. The first-order valence-electron chi connectivity index (χ1n) is 9.63. The van der Waals surface area contributed by atoms with Crippen LogP contribution in [0.2, 0.25) is 4.34 Å². The second-order valence-electron chi connectivity index (χ2n) is 7.20. The molecule has 2 N–H and O–H groups in total. The molecule has 2 atom stereocenters. The monoisotopic (exact) mass is 452 g/mol. The van der Waals surface area contributed by atoms with Crippen molar-refractivity contribution in [1.29, 1.82) is 0 Å². The molecule has 4 heterocycles. The quantitative estimate of drug-likeness (QED) is 0.748. The van der Waals surface area contributed by atoms with E-state index in [9.17, 15) is 9.18 Å². The van der Waals surface area contributed by atoms with Crippen molar-refractivity contribution in [1.82, 2.24) is 14.9 Å². The molecule has 0 saturated carbocycles. The Morgan fingerprint density at radius 2 is 2.17 bits per heavy atom. The molecule has 0 aliphatic carbocycles. The molecular weight excluding hydrogens is 431 g/mol. The maximum Gasteiger partial charge on any atom is 0.255 e. The van der Waals surface area contributed by atoms with Gasteiger partial charge in [-0.1, -0.05) is 18.5 Å². The van der Waals surface area contributed by atoms with Crippen molar-refractivity contribution in [3.05, 3.63) is 32.9 Å². The molecule has 0 radical (unpaired) electrons. The molecule has 30 heavy (non-hydrogen) atoms. The number of ether oxygens (including phenoxy) is 1.